The third-order valence-corrected chi connectivity index (χ3v) is 5.38. The van der Waals surface area contributed by atoms with Crippen LogP contribution in [0.1, 0.15) is 33.7 Å². The molecule has 3 heterocycles. The Morgan fingerprint density at radius 2 is 1.97 bits per heavy atom. The first kappa shape index (κ1) is 19.5. The van der Waals surface area contributed by atoms with Crippen LogP contribution in [0, 0.1) is 13.8 Å². The Morgan fingerprint density at radius 1 is 1.17 bits per heavy atom. The van der Waals surface area contributed by atoms with Crippen molar-refractivity contribution < 1.29 is 23.1 Å². The maximum atomic E-state index is 12.9. The monoisotopic (exact) mass is 398 g/mol. The molecule has 7 heteroatoms. The van der Waals surface area contributed by atoms with Gasteiger partial charge >= 0.3 is 0 Å². The zero-order valence-corrected chi connectivity index (χ0v) is 17.0. The molecule has 1 N–H and O–H groups in total. The number of nitrogens with one attached hydrogen (secondary N) is 1. The van der Waals surface area contributed by atoms with E-state index in [1.165, 1.54) is 0 Å². The summed E-state index contributed by atoms with van der Waals surface area (Å²) >= 11 is 0. The first-order chi connectivity index (χ1) is 14.1. The Balaban J connectivity index is 1.53. The molecule has 0 saturated carbocycles. The van der Waals surface area contributed by atoms with Gasteiger partial charge in [0.1, 0.15) is 22.9 Å². The molecule has 29 heavy (non-hydrogen) atoms. The zero-order valence-electron chi connectivity index (χ0n) is 17.0. The van der Waals surface area contributed by atoms with E-state index in [9.17, 15) is 4.79 Å². The number of methoxy groups -OCH3 is 1. The van der Waals surface area contributed by atoms with E-state index in [1.54, 1.807) is 7.11 Å². The minimum Gasteiger partial charge on any atom is -0.497 e. The van der Waals surface area contributed by atoms with Crippen LogP contribution in [0.15, 0.2) is 39.2 Å². The fourth-order valence-corrected chi connectivity index (χ4v) is 3.74. The number of rotatable bonds is 6. The summed E-state index contributed by atoms with van der Waals surface area (Å²) in [6, 6.07) is 9.39. The molecule has 1 saturated heterocycles. The zero-order chi connectivity index (χ0) is 20.4. The minimum absolute atomic E-state index is 0.0543. The van der Waals surface area contributed by atoms with E-state index in [0.717, 1.165) is 41.3 Å². The SMILES string of the molecule is COc1ccc2oc(C(=O)NCC(c3ccc(C)o3)N3CCOCC3)c(C)c2c1. The summed E-state index contributed by atoms with van der Waals surface area (Å²) in [5.74, 6) is 2.51. The van der Waals surface area contributed by atoms with Gasteiger partial charge in [-0.05, 0) is 44.2 Å². The number of morpholine rings is 1. The van der Waals surface area contributed by atoms with Gasteiger partial charge in [-0.2, -0.15) is 0 Å². The van der Waals surface area contributed by atoms with Crippen molar-refractivity contribution in [1.29, 1.82) is 0 Å². The highest BCUT2D eigenvalue weighted by Crippen LogP contribution is 2.29. The molecule has 0 radical (unpaired) electrons. The summed E-state index contributed by atoms with van der Waals surface area (Å²) in [5, 5.41) is 3.90. The lowest BCUT2D eigenvalue weighted by molar-refractivity contribution is 0.0116. The number of furan rings is 2. The third kappa shape index (κ3) is 4.02. The lowest BCUT2D eigenvalue weighted by Gasteiger charge is -2.33. The van der Waals surface area contributed by atoms with Crippen LogP contribution in [0.3, 0.4) is 0 Å². The number of carbonyl (C=O) groups is 1. The largest absolute Gasteiger partial charge is 0.497 e. The number of hydrogen-bond acceptors (Lipinski definition) is 6. The van der Waals surface area contributed by atoms with Crippen molar-refractivity contribution in [3.63, 3.8) is 0 Å². The van der Waals surface area contributed by atoms with E-state index in [-0.39, 0.29) is 11.9 Å². The number of hydrogen-bond donors (Lipinski definition) is 1. The van der Waals surface area contributed by atoms with Gasteiger partial charge in [0, 0.05) is 30.6 Å². The second-order valence-electron chi connectivity index (χ2n) is 7.24. The van der Waals surface area contributed by atoms with Crippen molar-refractivity contribution in [2.75, 3.05) is 40.0 Å². The Kier molecular flexibility index (Phi) is 5.60. The first-order valence-electron chi connectivity index (χ1n) is 9.80. The lowest BCUT2D eigenvalue weighted by Crippen LogP contribution is -2.43. The molecular formula is C22H26N2O5. The molecule has 7 nitrogen and oxygen atoms in total. The Labute approximate surface area is 169 Å². The third-order valence-electron chi connectivity index (χ3n) is 5.38. The van der Waals surface area contributed by atoms with Crippen LogP contribution >= 0.6 is 0 Å². The van der Waals surface area contributed by atoms with E-state index in [2.05, 4.69) is 10.2 Å². The van der Waals surface area contributed by atoms with Crippen LogP contribution in [-0.2, 0) is 4.74 Å². The van der Waals surface area contributed by atoms with Crippen molar-refractivity contribution in [2.45, 2.75) is 19.9 Å². The van der Waals surface area contributed by atoms with Crippen molar-refractivity contribution in [3.8, 4) is 5.75 Å². The molecule has 1 atom stereocenters. The minimum atomic E-state index is -0.237. The molecule has 1 amide bonds. The highest BCUT2D eigenvalue weighted by atomic mass is 16.5. The van der Waals surface area contributed by atoms with Crippen molar-refractivity contribution in [3.05, 3.63) is 53.2 Å². The summed E-state index contributed by atoms with van der Waals surface area (Å²) in [6.45, 7) is 7.17. The van der Waals surface area contributed by atoms with Gasteiger partial charge in [-0.15, -0.1) is 0 Å². The topological polar surface area (TPSA) is 77.1 Å². The molecule has 1 aliphatic heterocycles. The second kappa shape index (κ2) is 8.31. The van der Waals surface area contributed by atoms with Gasteiger partial charge in [0.05, 0.1) is 26.4 Å². The summed E-state index contributed by atoms with van der Waals surface area (Å²) in [5.41, 5.74) is 1.47. The van der Waals surface area contributed by atoms with Gasteiger partial charge in [0.15, 0.2) is 5.76 Å². The molecule has 0 aliphatic carbocycles. The predicted octanol–water partition coefficient (Wildman–Crippen LogP) is 3.45. The standard InChI is InChI=1S/C22H26N2O5/c1-14-4-6-20(28-14)18(24-8-10-27-11-9-24)13-23-22(25)21-15(2)17-12-16(26-3)5-7-19(17)29-21/h4-7,12,18H,8-11,13H2,1-3H3,(H,23,25). The maximum Gasteiger partial charge on any atom is 0.287 e. The van der Waals surface area contributed by atoms with Crippen LogP contribution in [0.25, 0.3) is 11.0 Å². The first-order valence-corrected chi connectivity index (χ1v) is 9.80. The molecule has 154 valence electrons. The summed E-state index contributed by atoms with van der Waals surface area (Å²) in [7, 11) is 1.62. The normalized spacial score (nSPS) is 16.1. The van der Waals surface area contributed by atoms with Gasteiger partial charge in [-0.1, -0.05) is 0 Å². The second-order valence-corrected chi connectivity index (χ2v) is 7.24. The summed E-state index contributed by atoms with van der Waals surface area (Å²) in [6.07, 6.45) is 0. The Hall–Kier alpha value is -2.77. The fraction of sp³-hybridized carbons (Fsp3) is 0.409. The van der Waals surface area contributed by atoms with Crippen LogP contribution in [-0.4, -0.2) is 50.8 Å². The summed E-state index contributed by atoms with van der Waals surface area (Å²) in [4.78, 5) is 15.2. The quantitative estimate of drug-likeness (QED) is 0.685. The number of nitrogens with zero attached hydrogens (tertiary/aromatic N) is 1. The average molecular weight is 398 g/mol. The lowest BCUT2D eigenvalue weighted by atomic mass is 10.1. The van der Waals surface area contributed by atoms with Crippen LogP contribution in [0.5, 0.6) is 5.75 Å². The molecule has 3 aromatic rings. The van der Waals surface area contributed by atoms with Gasteiger partial charge in [0.25, 0.3) is 5.91 Å². The average Bonchev–Trinajstić information content (AvgIpc) is 3.32. The molecule has 1 aliphatic rings. The molecule has 4 rings (SSSR count). The van der Waals surface area contributed by atoms with Gasteiger partial charge in [-0.25, -0.2) is 0 Å². The van der Waals surface area contributed by atoms with Crippen molar-refractivity contribution in [2.24, 2.45) is 0 Å². The van der Waals surface area contributed by atoms with Crippen molar-refractivity contribution in [1.82, 2.24) is 10.2 Å². The molecule has 0 spiro atoms. The number of fused-ring (bicyclic) bond motifs is 1. The van der Waals surface area contributed by atoms with E-state index < -0.39 is 0 Å². The highest BCUT2D eigenvalue weighted by molar-refractivity contribution is 5.99. The van der Waals surface area contributed by atoms with Gasteiger partial charge in [0.2, 0.25) is 0 Å². The number of benzene rings is 1. The molecule has 2 aromatic heterocycles. The molecule has 0 bridgehead atoms. The molecule has 1 fully saturated rings. The van der Waals surface area contributed by atoms with Gasteiger partial charge in [-0.3, -0.25) is 9.69 Å². The number of ether oxygens (including phenoxy) is 2. The molecular weight excluding hydrogens is 372 g/mol. The van der Waals surface area contributed by atoms with Crippen LogP contribution in [0.2, 0.25) is 0 Å². The molecule has 1 aromatic carbocycles. The van der Waals surface area contributed by atoms with Crippen LogP contribution in [0.4, 0.5) is 0 Å². The van der Waals surface area contributed by atoms with Crippen LogP contribution < -0.4 is 10.1 Å². The van der Waals surface area contributed by atoms with E-state index in [4.69, 9.17) is 18.3 Å². The van der Waals surface area contributed by atoms with E-state index in [0.29, 0.717) is 31.1 Å². The van der Waals surface area contributed by atoms with Gasteiger partial charge < -0.3 is 23.6 Å². The van der Waals surface area contributed by atoms with E-state index in [1.807, 2.05) is 44.2 Å². The van der Waals surface area contributed by atoms with E-state index >= 15 is 0 Å². The number of aryl methyl sites for hydroxylation is 2. The fourth-order valence-electron chi connectivity index (χ4n) is 3.74. The number of carbonyl (C=O) groups excluding carboxylic acids is 1. The smallest absolute Gasteiger partial charge is 0.287 e. The Bertz CT molecular complexity index is 1000. The number of amides is 1. The molecule has 1 unspecified atom stereocenters. The Morgan fingerprint density at radius 3 is 2.66 bits per heavy atom. The van der Waals surface area contributed by atoms with Crippen molar-refractivity contribution >= 4 is 16.9 Å². The highest BCUT2D eigenvalue weighted by Gasteiger charge is 2.27. The summed E-state index contributed by atoms with van der Waals surface area (Å²) < 4.78 is 22.4. The predicted molar refractivity (Wildman–Crippen MR) is 108 cm³/mol. The maximum absolute atomic E-state index is 12.9.